The number of aromatic carboxylic acids is 1. The Hall–Kier alpha value is -3.06. The molecule has 6 nitrogen and oxygen atoms in total. The predicted molar refractivity (Wildman–Crippen MR) is 105 cm³/mol. The largest absolute Gasteiger partial charge is 0.477 e. The van der Waals surface area contributed by atoms with Crippen LogP contribution in [-0.2, 0) is 13.0 Å². The highest BCUT2D eigenvalue weighted by atomic mass is 32.1. The quantitative estimate of drug-likeness (QED) is 0.729. The van der Waals surface area contributed by atoms with E-state index in [2.05, 4.69) is 11.4 Å². The molecule has 2 aliphatic rings. The average molecular weight is 379 g/mol. The SMILES string of the molecule is O=C(O)c1cc(-c2cccs2)c2n1CCc1ccc(N3CCNC3=O)cc1-2. The van der Waals surface area contributed by atoms with E-state index in [0.717, 1.165) is 33.8 Å². The molecule has 0 saturated carbocycles. The summed E-state index contributed by atoms with van der Waals surface area (Å²) in [5.74, 6) is -0.919. The number of urea groups is 1. The van der Waals surface area contributed by atoms with Gasteiger partial charge in [0.15, 0.2) is 0 Å². The van der Waals surface area contributed by atoms with Crippen molar-refractivity contribution in [2.24, 2.45) is 0 Å². The molecule has 2 amide bonds. The fourth-order valence-corrected chi connectivity index (χ4v) is 4.73. The summed E-state index contributed by atoms with van der Waals surface area (Å²) in [6.45, 7) is 1.91. The number of benzene rings is 1. The van der Waals surface area contributed by atoms with Gasteiger partial charge in [0.05, 0.1) is 5.69 Å². The number of carbonyl (C=O) groups is 2. The van der Waals surface area contributed by atoms with Gasteiger partial charge in [0.1, 0.15) is 5.69 Å². The molecule has 27 heavy (non-hydrogen) atoms. The summed E-state index contributed by atoms with van der Waals surface area (Å²) < 4.78 is 1.90. The van der Waals surface area contributed by atoms with Crippen molar-refractivity contribution in [3.63, 3.8) is 0 Å². The van der Waals surface area contributed by atoms with Gasteiger partial charge in [-0.3, -0.25) is 4.90 Å². The maximum Gasteiger partial charge on any atom is 0.352 e. The number of nitrogens with zero attached hydrogens (tertiary/aromatic N) is 2. The number of aryl methyl sites for hydroxylation is 1. The molecule has 1 saturated heterocycles. The lowest BCUT2D eigenvalue weighted by Crippen LogP contribution is -2.27. The Bertz CT molecular complexity index is 1070. The number of carboxylic acids is 1. The van der Waals surface area contributed by atoms with Gasteiger partial charge in [-0.05, 0) is 41.6 Å². The van der Waals surface area contributed by atoms with Crippen LogP contribution in [0.2, 0.25) is 0 Å². The van der Waals surface area contributed by atoms with Crippen LogP contribution in [0.25, 0.3) is 21.7 Å². The van der Waals surface area contributed by atoms with E-state index in [-0.39, 0.29) is 6.03 Å². The second-order valence-corrected chi connectivity index (χ2v) is 7.65. The van der Waals surface area contributed by atoms with Gasteiger partial charge in [-0.15, -0.1) is 11.3 Å². The Morgan fingerprint density at radius 1 is 1.15 bits per heavy atom. The third-order valence-corrected chi connectivity index (χ3v) is 6.13. The second-order valence-electron chi connectivity index (χ2n) is 6.70. The monoisotopic (exact) mass is 379 g/mol. The summed E-state index contributed by atoms with van der Waals surface area (Å²) in [6, 6.07) is 11.7. The lowest BCUT2D eigenvalue weighted by molar-refractivity contribution is 0.0685. The van der Waals surface area contributed by atoms with E-state index in [1.54, 1.807) is 22.3 Å². The average Bonchev–Trinajstić information content (AvgIpc) is 3.40. The molecule has 1 aromatic carbocycles. The molecular formula is C20H17N3O3S. The Labute approximate surface area is 159 Å². The highest BCUT2D eigenvalue weighted by molar-refractivity contribution is 7.13. The van der Waals surface area contributed by atoms with E-state index in [1.807, 2.05) is 34.2 Å². The van der Waals surface area contributed by atoms with Crippen molar-refractivity contribution in [3.05, 3.63) is 53.0 Å². The van der Waals surface area contributed by atoms with Crippen LogP contribution in [0.1, 0.15) is 16.1 Å². The number of amides is 2. The maximum atomic E-state index is 12.1. The van der Waals surface area contributed by atoms with Crippen molar-refractivity contribution in [1.29, 1.82) is 0 Å². The van der Waals surface area contributed by atoms with Gasteiger partial charge >= 0.3 is 12.0 Å². The lowest BCUT2D eigenvalue weighted by atomic mass is 9.95. The Morgan fingerprint density at radius 3 is 2.74 bits per heavy atom. The van der Waals surface area contributed by atoms with Crippen molar-refractivity contribution < 1.29 is 14.7 Å². The lowest BCUT2D eigenvalue weighted by Gasteiger charge is -2.24. The Kier molecular flexibility index (Phi) is 3.58. The molecule has 2 aliphatic heterocycles. The van der Waals surface area contributed by atoms with E-state index in [9.17, 15) is 14.7 Å². The van der Waals surface area contributed by atoms with E-state index >= 15 is 0 Å². The molecule has 7 heteroatoms. The fraction of sp³-hybridized carbons (Fsp3) is 0.200. The molecule has 136 valence electrons. The molecule has 0 atom stereocenters. The molecule has 3 aromatic rings. The first kappa shape index (κ1) is 16.1. The first-order chi connectivity index (χ1) is 13.1. The van der Waals surface area contributed by atoms with Crippen molar-refractivity contribution in [3.8, 4) is 21.7 Å². The van der Waals surface area contributed by atoms with Crippen molar-refractivity contribution in [1.82, 2.24) is 9.88 Å². The summed E-state index contributed by atoms with van der Waals surface area (Å²) in [6.07, 6.45) is 0.771. The molecule has 1 fully saturated rings. The third kappa shape index (κ3) is 2.46. The summed E-state index contributed by atoms with van der Waals surface area (Å²) >= 11 is 1.60. The zero-order valence-electron chi connectivity index (χ0n) is 14.4. The van der Waals surface area contributed by atoms with Crippen LogP contribution < -0.4 is 10.2 Å². The van der Waals surface area contributed by atoms with Crippen LogP contribution >= 0.6 is 11.3 Å². The number of thiophene rings is 1. The zero-order chi connectivity index (χ0) is 18.5. The van der Waals surface area contributed by atoms with Crippen molar-refractivity contribution in [2.45, 2.75) is 13.0 Å². The minimum absolute atomic E-state index is 0.0918. The smallest absolute Gasteiger partial charge is 0.352 e. The summed E-state index contributed by atoms with van der Waals surface area (Å²) in [4.78, 5) is 26.6. The third-order valence-electron chi connectivity index (χ3n) is 5.22. The molecule has 4 heterocycles. The first-order valence-electron chi connectivity index (χ1n) is 8.83. The molecule has 2 aromatic heterocycles. The summed E-state index contributed by atoms with van der Waals surface area (Å²) in [5, 5.41) is 14.5. The van der Waals surface area contributed by atoms with Crippen LogP contribution in [0.4, 0.5) is 10.5 Å². The molecule has 2 N–H and O–H groups in total. The van der Waals surface area contributed by atoms with Crippen molar-refractivity contribution >= 4 is 29.0 Å². The van der Waals surface area contributed by atoms with Crippen LogP contribution in [0.3, 0.4) is 0 Å². The number of carboxylic acid groups (broad SMARTS) is 1. The van der Waals surface area contributed by atoms with Gasteiger partial charge in [-0.25, -0.2) is 9.59 Å². The number of nitrogens with one attached hydrogen (secondary N) is 1. The number of hydrogen-bond acceptors (Lipinski definition) is 3. The Morgan fingerprint density at radius 2 is 2.04 bits per heavy atom. The molecule has 0 unspecified atom stereocenters. The maximum absolute atomic E-state index is 12.1. The molecular weight excluding hydrogens is 362 g/mol. The predicted octanol–water partition coefficient (Wildman–Crippen LogP) is 3.67. The normalized spacial score (nSPS) is 15.4. The fourth-order valence-electron chi connectivity index (χ4n) is 3.99. The molecule has 0 radical (unpaired) electrons. The standard InChI is InChI=1S/C20H17N3O3S/c24-19(25)16-11-15(17-2-1-9-27-17)18-14-10-13(22-8-6-21-20(22)26)4-3-12(14)5-7-23(16)18/h1-4,9-11H,5-8H2,(H,21,26)(H,24,25). The number of hydrogen-bond donors (Lipinski definition) is 2. The van der Waals surface area contributed by atoms with Crippen LogP contribution in [0.5, 0.6) is 0 Å². The van der Waals surface area contributed by atoms with Gasteiger partial charge in [-0.1, -0.05) is 12.1 Å². The van der Waals surface area contributed by atoms with Gasteiger partial charge in [0.25, 0.3) is 0 Å². The van der Waals surface area contributed by atoms with Gasteiger partial charge in [0.2, 0.25) is 0 Å². The highest BCUT2D eigenvalue weighted by Gasteiger charge is 2.28. The first-order valence-corrected chi connectivity index (χ1v) is 9.71. The summed E-state index contributed by atoms with van der Waals surface area (Å²) in [5.41, 5.74) is 5.20. The van der Waals surface area contributed by atoms with E-state index < -0.39 is 5.97 Å². The zero-order valence-corrected chi connectivity index (χ0v) is 15.3. The van der Waals surface area contributed by atoms with Crippen LogP contribution in [0, 0.1) is 0 Å². The van der Waals surface area contributed by atoms with Gasteiger partial charge < -0.3 is 15.0 Å². The number of rotatable bonds is 3. The molecule has 0 spiro atoms. The van der Waals surface area contributed by atoms with E-state index in [0.29, 0.717) is 25.3 Å². The van der Waals surface area contributed by atoms with E-state index in [1.165, 1.54) is 5.56 Å². The minimum atomic E-state index is -0.919. The van der Waals surface area contributed by atoms with Gasteiger partial charge in [0, 0.05) is 41.3 Å². The number of carbonyl (C=O) groups excluding carboxylic acids is 1. The minimum Gasteiger partial charge on any atom is -0.477 e. The highest BCUT2D eigenvalue weighted by Crippen LogP contribution is 2.42. The van der Waals surface area contributed by atoms with E-state index in [4.69, 9.17) is 0 Å². The van der Waals surface area contributed by atoms with Crippen LogP contribution in [-0.4, -0.2) is 34.8 Å². The Balaban J connectivity index is 1.73. The molecule has 0 aliphatic carbocycles. The molecule has 0 bridgehead atoms. The second kappa shape index (κ2) is 5.99. The number of fused-ring (bicyclic) bond motifs is 3. The van der Waals surface area contributed by atoms with Crippen LogP contribution in [0.15, 0.2) is 41.8 Å². The number of aromatic nitrogens is 1. The van der Waals surface area contributed by atoms with Gasteiger partial charge in [-0.2, -0.15) is 0 Å². The molecule has 5 rings (SSSR count). The topological polar surface area (TPSA) is 74.6 Å². The van der Waals surface area contributed by atoms with Crippen molar-refractivity contribution in [2.75, 3.05) is 18.0 Å². The number of anilines is 1. The summed E-state index contributed by atoms with van der Waals surface area (Å²) in [7, 11) is 0.